The molecule has 0 aliphatic carbocycles. The van der Waals surface area contributed by atoms with E-state index in [0.717, 1.165) is 24.2 Å². The molecule has 6 aromatic carbocycles. The van der Waals surface area contributed by atoms with E-state index >= 15 is 0 Å². The Bertz CT molecular complexity index is 1990. The molecule has 0 aliphatic heterocycles. The second-order valence-electron chi connectivity index (χ2n) is 10.7. The number of anilines is 3. The third-order valence-corrected chi connectivity index (χ3v) is 9.37. The van der Waals surface area contributed by atoms with Gasteiger partial charge in [-0.2, -0.15) is 0 Å². The van der Waals surface area contributed by atoms with E-state index < -0.39 is 0 Å². The van der Waals surface area contributed by atoms with Crippen LogP contribution in [-0.2, 0) is 12.8 Å². The van der Waals surface area contributed by atoms with Gasteiger partial charge in [0.1, 0.15) is 0 Å². The van der Waals surface area contributed by atoms with Crippen LogP contribution in [0.25, 0.3) is 42.4 Å². The molecular formula is C40H33NS. The predicted molar refractivity (Wildman–Crippen MR) is 184 cm³/mol. The standard InChI is InChI=1S/C40H33NS/c1-3-28-13-11-12-18-35(28)37-27-40-38(25-29(37)4-2)36-24-23-34(26-39(36)42-40)41(32-16-9-6-10-17-32)33-21-19-31(20-22-33)30-14-7-5-8-15-30/h5-27H,3-4H2,1-2H3. The summed E-state index contributed by atoms with van der Waals surface area (Å²) in [4.78, 5) is 2.36. The molecule has 1 heterocycles. The van der Waals surface area contributed by atoms with Gasteiger partial charge in [0.25, 0.3) is 0 Å². The smallest absolute Gasteiger partial charge is 0.0476 e. The van der Waals surface area contributed by atoms with Gasteiger partial charge in [0, 0.05) is 37.2 Å². The molecule has 0 bridgehead atoms. The van der Waals surface area contributed by atoms with Gasteiger partial charge in [0.15, 0.2) is 0 Å². The van der Waals surface area contributed by atoms with Gasteiger partial charge in [0.05, 0.1) is 0 Å². The molecule has 0 aliphatic rings. The zero-order valence-electron chi connectivity index (χ0n) is 24.0. The van der Waals surface area contributed by atoms with Crippen molar-refractivity contribution >= 4 is 48.6 Å². The van der Waals surface area contributed by atoms with Crippen LogP contribution in [0.15, 0.2) is 140 Å². The third-order valence-electron chi connectivity index (χ3n) is 8.26. The fraction of sp³-hybridized carbons (Fsp3) is 0.100. The lowest BCUT2D eigenvalue weighted by atomic mass is 9.92. The van der Waals surface area contributed by atoms with Crippen molar-refractivity contribution in [3.63, 3.8) is 0 Å². The maximum atomic E-state index is 2.44. The Balaban J connectivity index is 1.35. The minimum atomic E-state index is 1.01. The molecule has 0 amide bonds. The van der Waals surface area contributed by atoms with E-state index in [1.807, 2.05) is 11.3 Å². The van der Waals surface area contributed by atoms with E-state index in [4.69, 9.17) is 0 Å². The lowest BCUT2D eigenvalue weighted by Gasteiger charge is -2.25. The van der Waals surface area contributed by atoms with Crippen molar-refractivity contribution in [1.29, 1.82) is 0 Å². The molecule has 7 rings (SSSR count). The molecule has 0 radical (unpaired) electrons. The van der Waals surface area contributed by atoms with Crippen molar-refractivity contribution in [3.8, 4) is 22.3 Å². The van der Waals surface area contributed by atoms with Gasteiger partial charge in [-0.3, -0.25) is 0 Å². The zero-order chi connectivity index (χ0) is 28.5. The average molecular weight is 560 g/mol. The highest BCUT2D eigenvalue weighted by Crippen LogP contribution is 2.43. The Kier molecular flexibility index (Phi) is 7.07. The van der Waals surface area contributed by atoms with Gasteiger partial charge < -0.3 is 4.90 Å². The second kappa shape index (κ2) is 11.3. The van der Waals surface area contributed by atoms with E-state index in [2.05, 4.69) is 158 Å². The SMILES string of the molecule is CCc1ccccc1-c1cc2sc3cc(N(c4ccccc4)c4ccc(-c5ccccc5)cc4)ccc3c2cc1CC. The first kappa shape index (κ1) is 26.3. The molecule has 1 nitrogen and oxygen atoms in total. The first-order chi connectivity index (χ1) is 20.7. The van der Waals surface area contributed by atoms with Crippen LogP contribution in [0.5, 0.6) is 0 Å². The Labute approximate surface area is 252 Å². The molecule has 0 unspecified atom stereocenters. The topological polar surface area (TPSA) is 3.24 Å². The second-order valence-corrected chi connectivity index (χ2v) is 11.8. The summed E-state index contributed by atoms with van der Waals surface area (Å²) in [7, 11) is 0. The Hall–Kier alpha value is -4.66. The van der Waals surface area contributed by atoms with Crippen LogP contribution in [0.3, 0.4) is 0 Å². The number of para-hydroxylation sites is 1. The maximum Gasteiger partial charge on any atom is 0.0476 e. The minimum absolute atomic E-state index is 1.01. The van der Waals surface area contributed by atoms with E-state index in [0.29, 0.717) is 0 Å². The normalized spacial score (nSPS) is 11.3. The number of rotatable bonds is 7. The number of fused-ring (bicyclic) bond motifs is 3. The van der Waals surface area contributed by atoms with Crippen molar-refractivity contribution in [2.75, 3.05) is 4.90 Å². The highest BCUT2D eigenvalue weighted by Gasteiger charge is 2.17. The maximum absolute atomic E-state index is 2.44. The highest BCUT2D eigenvalue weighted by atomic mass is 32.1. The van der Waals surface area contributed by atoms with Crippen LogP contribution in [0.4, 0.5) is 17.1 Å². The summed E-state index contributed by atoms with van der Waals surface area (Å²) in [6, 6.07) is 50.9. The van der Waals surface area contributed by atoms with Crippen molar-refractivity contribution < 1.29 is 0 Å². The third kappa shape index (κ3) is 4.78. The lowest BCUT2D eigenvalue weighted by molar-refractivity contribution is 1.12. The summed E-state index contributed by atoms with van der Waals surface area (Å²) in [5, 5.41) is 2.69. The van der Waals surface area contributed by atoms with Crippen molar-refractivity contribution in [3.05, 3.63) is 151 Å². The van der Waals surface area contributed by atoms with Crippen LogP contribution in [0.2, 0.25) is 0 Å². The number of benzene rings is 6. The van der Waals surface area contributed by atoms with Gasteiger partial charge in [-0.15, -0.1) is 11.3 Å². The van der Waals surface area contributed by atoms with Gasteiger partial charge in [-0.05, 0) is 94.8 Å². The van der Waals surface area contributed by atoms with Crippen LogP contribution >= 0.6 is 11.3 Å². The molecule has 0 atom stereocenters. The van der Waals surface area contributed by atoms with E-state index in [9.17, 15) is 0 Å². The quantitative estimate of drug-likeness (QED) is 0.188. The van der Waals surface area contributed by atoms with Crippen LogP contribution < -0.4 is 4.90 Å². The summed E-state index contributed by atoms with van der Waals surface area (Å²) < 4.78 is 2.66. The summed E-state index contributed by atoms with van der Waals surface area (Å²) in [5.74, 6) is 0. The number of hydrogen-bond donors (Lipinski definition) is 0. The van der Waals surface area contributed by atoms with E-state index in [-0.39, 0.29) is 0 Å². The van der Waals surface area contributed by atoms with Gasteiger partial charge >= 0.3 is 0 Å². The molecule has 0 fully saturated rings. The molecule has 204 valence electrons. The monoisotopic (exact) mass is 559 g/mol. The van der Waals surface area contributed by atoms with Crippen LogP contribution in [-0.4, -0.2) is 0 Å². The lowest BCUT2D eigenvalue weighted by Crippen LogP contribution is -2.09. The van der Waals surface area contributed by atoms with Crippen LogP contribution in [0, 0.1) is 0 Å². The van der Waals surface area contributed by atoms with Crippen molar-refractivity contribution in [2.24, 2.45) is 0 Å². The summed E-state index contributed by atoms with van der Waals surface area (Å²) >= 11 is 1.90. The minimum Gasteiger partial charge on any atom is -0.310 e. The number of nitrogens with zero attached hydrogens (tertiary/aromatic N) is 1. The van der Waals surface area contributed by atoms with Crippen molar-refractivity contribution in [2.45, 2.75) is 26.7 Å². The Morgan fingerprint density at radius 3 is 1.79 bits per heavy atom. The number of hydrogen-bond acceptors (Lipinski definition) is 2. The predicted octanol–water partition coefficient (Wildman–Crippen LogP) is 12.0. The molecule has 0 saturated heterocycles. The number of thiophene rings is 1. The summed E-state index contributed by atoms with van der Waals surface area (Å²) in [6.45, 7) is 4.52. The molecule has 2 heteroatoms. The van der Waals surface area contributed by atoms with Crippen LogP contribution in [0.1, 0.15) is 25.0 Å². The molecule has 1 aromatic heterocycles. The van der Waals surface area contributed by atoms with Crippen molar-refractivity contribution in [1.82, 2.24) is 0 Å². The molecule has 42 heavy (non-hydrogen) atoms. The fourth-order valence-electron chi connectivity index (χ4n) is 6.09. The average Bonchev–Trinajstić information content (AvgIpc) is 3.42. The molecule has 0 saturated carbocycles. The van der Waals surface area contributed by atoms with E-state index in [1.165, 1.54) is 59.2 Å². The first-order valence-corrected chi connectivity index (χ1v) is 15.6. The molecule has 0 spiro atoms. The highest BCUT2D eigenvalue weighted by molar-refractivity contribution is 7.25. The fourth-order valence-corrected chi connectivity index (χ4v) is 7.25. The zero-order valence-corrected chi connectivity index (χ0v) is 24.9. The van der Waals surface area contributed by atoms with Gasteiger partial charge in [-0.25, -0.2) is 0 Å². The summed E-state index contributed by atoms with van der Waals surface area (Å²) in [6.07, 6.45) is 2.05. The Morgan fingerprint density at radius 2 is 1.05 bits per heavy atom. The molecule has 0 N–H and O–H groups in total. The summed E-state index contributed by atoms with van der Waals surface area (Å²) in [5.41, 5.74) is 11.5. The molecular weight excluding hydrogens is 527 g/mol. The first-order valence-electron chi connectivity index (χ1n) is 14.8. The number of aryl methyl sites for hydroxylation is 2. The van der Waals surface area contributed by atoms with E-state index in [1.54, 1.807) is 0 Å². The van der Waals surface area contributed by atoms with Gasteiger partial charge in [-0.1, -0.05) is 105 Å². The Morgan fingerprint density at radius 1 is 0.452 bits per heavy atom. The van der Waals surface area contributed by atoms with Gasteiger partial charge in [0.2, 0.25) is 0 Å². The largest absolute Gasteiger partial charge is 0.310 e. The molecule has 7 aromatic rings.